The molecule has 1 fully saturated rings. The first kappa shape index (κ1) is 12.6. The lowest BCUT2D eigenvalue weighted by atomic mass is 9.91. The quantitative estimate of drug-likeness (QED) is 0.798. The van der Waals surface area contributed by atoms with Gasteiger partial charge in [0.1, 0.15) is 5.70 Å². The van der Waals surface area contributed by atoms with Crippen molar-refractivity contribution in [2.75, 3.05) is 13.1 Å². The molecule has 0 atom stereocenters. The van der Waals surface area contributed by atoms with Crippen LogP contribution in [0.2, 0.25) is 0 Å². The largest absolute Gasteiger partial charge is 0.367 e. The summed E-state index contributed by atoms with van der Waals surface area (Å²) in [6, 6.07) is 7.04. The third-order valence-corrected chi connectivity index (χ3v) is 4.45. The molecule has 1 aromatic rings. The Bertz CT molecular complexity index is 586. The van der Waals surface area contributed by atoms with Crippen LogP contribution in [-0.2, 0) is 0 Å². The number of carbonyl (C=O) groups is 2. The molecule has 3 rings (SSSR count). The highest BCUT2D eigenvalue weighted by molar-refractivity contribution is 9.12. The number of piperidine rings is 1. The molecule has 1 heterocycles. The van der Waals surface area contributed by atoms with Gasteiger partial charge in [-0.25, -0.2) is 0 Å². The number of hydrogen-bond donors (Lipinski definition) is 0. The molecule has 1 aromatic carbocycles. The maximum Gasteiger partial charge on any atom is 0.211 e. The van der Waals surface area contributed by atoms with E-state index >= 15 is 0 Å². The van der Waals surface area contributed by atoms with Gasteiger partial charge in [-0.1, -0.05) is 24.3 Å². The average molecular weight is 320 g/mol. The minimum absolute atomic E-state index is 0.0380. The maximum absolute atomic E-state index is 12.6. The summed E-state index contributed by atoms with van der Waals surface area (Å²) in [4.78, 5) is 27.0. The Balaban J connectivity index is 2.07. The van der Waals surface area contributed by atoms with E-state index in [2.05, 4.69) is 15.9 Å². The average Bonchev–Trinajstić information content (AvgIpc) is 2.46. The molecule has 4 heteroatoms. The first-order valence-electron chi connectivity index (χ1n) is 6.53. The predicted molar refractivity (Wildman–Crippen MR) is 76.5 cm³/mol. The van der Waals surface area contributed by atoms with E-state index in [9.17, 15) is 9.59 Å². The van der Waals surface area contributed by atoms with Gasteiger partial charge in [0.2, 0.25) is 11.6 Å². The van der Waals surface area contributed by atoms with Crippen molar-refractivity contribution >= 4 is 27.5 Å². The molecule has 0 N–H and O–H groups in total. The van der Waals surface area contributed by atoms with Crippen LogP contribution in [0.3, 0.4) is 0 Å². The summed E-state index contributed by atoms with van der Waals surface area (Å²) in [6.07, 6.45) is 3.35. The van der Waals surface area contributed by atoms with Crippen LogP contribution in [0.4, 0.5) is 0 Å². The lowest BCUT2D eigenvalue weighted by Gasteiger charge is -2.32. The molecule has 0 spiro atoms. The molecule has 0 bridgehead atoms. The van der Waals surface area contributed by atoms with E-state index in [-0.39, 0.29) is 11.6 Å². The Labute approximate surface area is 120 Å². The lowest BCUT2D eigenvalue weighted by molar-refractivity contribution is 0.0941. The number of Topliss-reactive ketones (excluding diaryl/α,β-unsaturated/α-hetero) is 2. The Morgan fingerprint density at radius 2 is 1.47 bits per heavy atom. The summed E-state index contributed by atoms with van der Waals surface area (Å²) < 4.78 is 0.415. The molecule has 2 aliphatic rings. The first-order chi connectivity index (χ1) is 9.20. The normalized spacial score (nSPS) is 19.7. The molecular weight excluding hydrogens is 306 g/mol. The zero-order valence-corrected chi connectivity index (χ0v) is 12.1. The third kappa shape index (κ3) is 2.04. The zero-order valence-electron chi connectivity index (χ0n) is 10.5. The van der Waals surface area contributed by atoms with Crippen LogP contribution in [0.25, 0.3) is 0 Å². The van der Waals surface area contributed by atoms with Crippen LogP contribution in [0, 0.1) is 0 Å². The van der Waals surface area contributed by atoms with Gasteiger partial charge in [0.15, 0.2) is 0 Å². The fourth-order valence-electron chi connectivity index (χ4n) is 2.73. The number of rotatable bonds is 1. The van der Waals surface area contributed by atoms with Crippen molar-refractivity contribution in [1.82, 2.24) is 4.90 Å². The van der Waals surface area contributed by atoms with E-state index in [0.717, 1.165) is 25.9 Å². The number of nitrogens with zero attached hydrogens (tertiary/aromatic N) is 1. The standard InChI is InChI=1S/C15H14BrNO2/c16-12-13(17-8-4-1-5-9-17)15(19)11-7-3-2-6-10(11)14(12)18/h2-3,6-7H,1,4-5,8-9H2. The Hall–Kier alpha value is -1.42. The summed E-state index contributed by atoms with van der Waals surface area (Å²) >= 11 is 3.33. The molecule has 0 saturated carbocycles. The maximum atomic E-state index is 12.6. The van der Waals surface area contributed by atoms with E-state index in [1.54, 1.807) is 24.3 Å². The first-order valence-corrected chi connectivity index (χ1v) is 7.32. The molecule has 0 unspecified atom stereocenters. The molecule has 19 heavy (non-hydrogen) atoms. The predicted octanol–water partition coefficient (Wildman–Crippen LogP) is 3.16. The second kappa shape index (κ2) is 4.93. The fourth-order valence-corrected chi connectivity index (χ4v) is 3.38. The van der Waals surface area contributed by atoms with Gasteiger partial charge in [0.25, 0.3) is 0 Å². The van der Waals surface area contributed by atoms with Gasteiger partial charge in [0.05, 0.1) is 4.48 Å². The van der Waals surface area contributed by atoms with Crippen molar-refractivity contribution in [1.29, 1.82) is 0 Å². The number of fused-ring (bicyclic) bond motifs is 1. The molecule has 1 aliphatic carbocycles. The van der Waals surface area contributed by atoms with Gasteiger partial charge in [0, 0.05) is 24.2 Å². The Morgan fingerprint density at radius 1 is 0.895 bits per heavy atom. The second-order valence-electron chi connectivity index (χ2n) is 4.91. The van der Waals surface area contributed by atoms with Crippen molar-refractivity contribution in [3.63, 3.8) is 0 Å². The van der Waals surface area contributed by atoms with Gasteiger partial charge < -0.3 is 4.90 Å². The van der Waals surface area contributed by atoms with Crippen molar-refractivity contribution in [2.45, 2.75) is 19.3 Å². The van der Waals surface area contributed by atoms with Gasteiger partial charge in [-0.15, -0.1) is 0 Å². The van der Waals surface area contributed by atoms with E-state index in [0.29, 0.717) is 21.3 Å². The number of benzene rings is 1. The summed E-state index contributed by atoms with van der Waals surface area (Å²) in [5, 5.41) is 0. The molecule has 0 aromatic heterocycles. The van der Waals surface area contributed by atoms with Crippen LogP contribution in [-0.4, -0.2) is 29.6 Å². The van der Waals surface area contributed by atoms with Crippen molar-refractivity contribution in [3.8, 4) is 0 Å². The minimum Gasteiger partial charge on any atom is -0.367 e. The number of allylic oxidation sites excluding steroid dienone is 2. The number of halogens is 1. The van der Waals surface area contributed by atoms with Crippen molar-refractivity contribution in [3.05, 3.63) is 45.6 Å². The monoisotopic (exact) mass is 319 g/mol. The fraction of sp³-hybridized carbons (Fsp3) is 0.333. The summed E-state index contributed by atoms with van der Waals surface area (Å²) in [7, 11) is 0. The van der Waals surface area contributed by atoms with Crippen LogP contribution < -0.4 is 0 Å². The molecular formula is C15H14BrNO2. The molecule has 98 valence electrons. The number of carbonyl (C=O) groups excluding carboxylic acids is 2. The zero-order chi connectivity index (χ0) is 13.4. The van der Waals surface area contributed by atoms with Crippen molar-refractivity contribution in [2.24, 2.45) is 0 Å². The SMILES string of the molecule is O=C1C(Br)=C(N2CCCCC2)C(=O)c2ccccc21. The Morgan fingerprint density at radius 3 is 2.11 bits per heavy atom. The molecule has 1 aliphatic heterocycles. The second-order valence-corrected chi connectivity index (χ2v) is 5.71. The van der Waals surface area contributed by atoms with E-state index in [4.69, 9.17) is 0 Å². The minimum atomic E-state index is -0.0872. The Kier molecular flexibility index (Phi) is 3.27. The van der Waals surface area contributed by atoms with E-state index in [1.165, 1.54) is 6.42 Å². The molecule has 0 radical (unpaired) electrons. The highest BCUT2D eigenvalue weighted by Gasteiger charge is 2.34. The molecule has 3 nitrogen and oxygen atoms in total. The highest BCUT2D eigenvalue weighted by Crippen LogP contribution is 2.32. The van der Waals surface area contributed by atoms with E-state index in [1.807, 2.05) is 4.90 Å². The topological polar surface area (TPSA) is 37.4 Å². The third-order valence-electron chi connectivity index (χ3n) is 3.71. The molecule has 1 saturated heterocycles. The van der Waals surface area contributed by atoms with Crippen molar-refractivity contribution < 1.29 is 9.59 Å². The summed E-state index contributed by atoms with van der Waals surface area (Å²) in [5.41, 5.74) is 1.57. The summed E-state index contributed by atoms with van der Waals surface area (Å²) in [6.45, 7) is 1.71. The van der Waals surface area contributed by atoms with Crippen LogP contribution in [0.5, 0.6) is 0 Å². The number of hydrogen-bond acceptors (Lipinski definition) is 3. The van der Waals surface area contributed by atoms with Crippen LogP contribution in [0.1, 0.15) is 40.0 Å². The lowest BCUT2D eigenvalue weighted by Crippen LogP contribution is -2.36. The summed E-state index contributed by atoms with van der Waals surface area (Å²) in [5.74, 6) is -0.125. The highest BCUT2D eigenvalue weighted by atomic mass is 79.9. The molecule has 0 amide bonds. The van der Waals surface area contributed by atoms with E-state index < -0.39 is 0 Å². The number of ketones is 2. The number of likely N-dealkylation sites (tertiary alicyclic amines) is 1. The van der Waals surface area contributed by atoms with Gasteiger partial charge in [-0.3, -0.25) is 9.59 Å². The van der Waals surface area contributed by atoms with Gasteiger partial charge in [-0.05, 0) is 35.2 Å². The smallest absolute Gasteiger partial charge is 0.211 e. The van der Waals surface area contributed by atoms with Gasteiger partial charge in [-0.2, -0.15) is 0 Å². The van der Waals surface area contributed by atoms with Crippen LogP contribution in [0.15, 0.2) is 34.4 Å². The van der Waals surface area contributed by atoms with Crippen LogP contribution >= 0.6 is 15.9 Å². The van der Waals surface area contributed by atoms with Gasteiger partial charge >= 0.3 is 0 Å².